The molecule has 1 saturated heterocycles. The molecule has 18 heavy (non-hydrogen) atoms. The molecule has 2 heteroatoms. The summed E-state index contributed by atoms with van der Waals surface area (Å²) in [5, 5.41) is 0. The first-order valence-electron chi connectivity index (χ1n) is 6.20. The first kappa shape index (κ1) is 11.5. The fourth-order valence-corrected chi connectivity index (χ4v) is 2.30. The number of ether oxygens (including phenoxy) is 2. The minimum Gasteiger partial charge on any atom is -0.343 e. The van der Waals surface area contributed by atoms with Crippen molar-refractivity contribution in [1.82, 2.24) is 0 Å². The molecule has 2 aromatic rings. The molecule has 92 valence electrons. The first-order valence-corrected chi connectivity index (χ1v) is 6.20. The molecule has 3 rings (SSSR count). The van der Waals surface area contributed by atoms with E-state index in [4.69, 9.17) is 9.47 Å². The van der Waals surface area contributed by atoms with Crippen LogP contribution in [0.3, 0.4) is 0 Å². The molecule has 1 heterocycles. The van der Waals surface area contributed by atoms with Gasteiger partial charge in [0.2, 0.25) is 0 Å². The zero-order chi connectivity index (χ0) is 12.4. The molecular weight excluding hydrogens is 224 g/mol. The summed E-state index contributed by atoms with van der Waals surface area (Å²) in [5.74, 6) is -0.637. The van der Waals surface area contributed by atoms with Gasteiger partial charge in [-0.1, -0.05) is 60.7 Å². The van der Waals surface area contributed by atoms with Gasteiger partial charge in [-0.2, -0.15) is 0 Å². The monoisotopic (exact) mass is 240 g/mol. The minimum absolute atomic E-state index is 0.0106. The Morgan fingerprint density at radius 3 is 2.22 bits per heavy atom. The maximum atomic E-state index is 6.10. The maximum Gasteiger partial charge on any atom is 0.192 e. The third-order valence-corrected chi connectivity index (χ3v) is 3.35. The Balaban J connectivity index is 1.83. The highest BCUT2D eigenvalue weighted by molar-refractivity contribution is 5.23. The van der Waals surface area contributed by atoms with Gasteiger partial charge in [-0.15, -0.1) is 0 Å². The van der Waals surface area contributed by atoms with Gasteiger partial charge >= 0.3 is 0 Å². The summed E-state index contributed by atoms with van der Waals surface area (Å²) in [6.07, 6.45) is 0.0106. The van der Waals surface area contributed by atoms with Crippen molar-refractivity contribution in [3.8, 4) is 0 Å². The molecule has 2 unspecified atom stereocenters. The Hall–Kier alpha value is -1.64. The lowest BCUT2D eigenvalue weighted by atomic mass is 10.1. The molecule has 1 aliphatic heterocycles. The van der Waals surface area contributed by atoms with E-state index in [0.717, 1.165) is 11.1 Å². The van der Waals surface area contributed by atoms with Crippen LogP contribution in [-0.4, -0.2) is 6.61 Å². The fraction of sp³-hybridized carbons (Fsp3) is 0.250. The minimum atomic E-state index is -0.637. The molecule has 1 aliphatic rings. The quantitative estimate of drug-likeness (QED) is 0.797. The predicted octanol–water partition coefficient (Wildman–Crippen LogP) is 3.65. The number of rotatable bonds is 2. The summed E-state index contributed by atoms with van der Waals surface area (Å²) < 4.78 is 12.0. The van der Waals surface area contributed by atoms with E-state index in [1.54, 1.807) is 0 Å². The van der Waals surface area contributed by atoms with Crippen molar-refractivity contribution in [1.29, 1.82) is 0 Å². The van der Waals surface area contributed by atoms with E-state index in [2.05, 4.69) is 12.1 Å². The van der Waals surface area contributed by atoms with Gasteiger partial charge in [0, 0.05) is 5.56 Å². The fourth-order valence-electron chi connectivity index (χ4n) is 2.30. The molecule has 2 aromatic carbocycles. The molecule has 0 bridgehead atoms. The second kappa shape index (κ2) is 4.56. The SMILES string of the molecule is CC1(c2ccccc2)OCC(c2ccccc2)O1. The Kier molecular flexibility index (Phi) is 2.90. The van der Waals surface area contributed by atoms with E-state index in [-0.39, 0.29) is 6.10 Å². The molecule has 0 spiro atoms. The zero-order valence-corrected chi connectivity index (χ0v) is 10.4. The second-order valence-electron chi connectivity index (χ2n) is 4.64. The highest BCUT2D eigenvalue weighted by Gasteiger charge is 2.39. The highest BCUT2D eigenvalue weighted by Crippen LogP contribution is 2.39. The Morgan fingerprint density at radius 2 is 1.56 bits per heavy atom. The predicted molar refractivity (Wildman–Crippen MR) is 70.0 cm³/mol. The summed E-state index contributed by atoms with van der Waals surface area (Å²) in [6.45, 7) is 2.57. The van der Waals surface area contributed by atoms with E-state index in [1.807, 2.05) is 55.5 Å². The Morgan fingerprint density at radius 1 is 0.944 bits per heavy atom. The van der Waals surface area contributed by atoms with E-state index in [1.165, 1.54) is 0 Å². The highest BCUT2D eigenvalue weighted by atomic mass is 16.7. The van der Waals surface area contributed by atoms with Crippen LogP contribution in [0.4, 0.5) is 0 Å². The summed E-state index contributed by atoms with van der Waals surface area (Å²) in [4.78, 5) is 0. The van der Waals surface area contributed by atoms with Gasteiger partial charge in [0.15, 0.2) is 5.79 Å². The van der Waals surface area contributed by atoms with Gasteiger partial charge in [0.25, 0.3) is 0 Å². The lowest BCUT2D eigenvalue weighted by molar-refractivity contribution is -0.162. The van der Waals surface area contributed by atoms with Crippen LogP contribution in [0.2, 0.25) is 0 Å². The summed E-state index contributed by atoms with van der Waals surface area (Å²) in [5.41, 5.74) is 2.22. The van der Waals surface area contributed by atoms with Crippen molar-refractivity contribution in [2.45, 2.75) is 18.8 Å². The van der Waals surface area contributed by atoms with Gasteiger partial charge in [-0.25, -0.2) is 0 Å². The Labute approximate surface area is 107 Å². The van der Waals surface area contributed by atoms with Crippen LogP contribution in [0.15, 0.2) is 60.7 Å². The summed E-state index contributed by atoms with van der Waals surface area (Å²) >= 11 is 0. The normalized spacial score (nSPS) is 27.3. The molecule has 2 atom stereocenters. The van der Waals surface area contributed by atoms with E-state index >= 15 is 0 Å². The van der Waals surface area contributed by atoms with E-state index < -0.39 is 5.79 Å². The molecule has 0 amide bonds. The third kappa shape index (κ3) is 2.05. The first-order chi connectivity index (χ1) is 8.78. The van der Waals surface area contributed by atoms with Crippen LogP contribution < -0.4 is 0 Å². The van der Waals surface area contributed by atoms with Crippen LogP contribution in [0.5, 0.6) is 0 Å². The van der Waals surface area contributed by atoms with Crippen molar-refractivity contribution in [2.24, 2.45) is 0 Å². The maximum absolute atomic E-state index is 6.10. The van der Waals surface area contributed by atoms with Crippen LogP contribution in [0, 0.1) is 0 Å². The molecule has 0 aliphatic carbocycles. The standard InChI is InChI=1S/C16H16O2/c1-16(14-10-6-3-7-11-14)17-12-15(18-16)13-8-4-2-5-9-13/h2-11,15H,12H2,1H3. The zero-order valence-electron chi connectivity index (χ0n) is 10.4. The summed E-state index contributed by atoms with van der Waals surface area (Å²) in [6, 6.07) is 20.3. The summed E-state index contributed by atoms with van der Waals surface area (Å²) in [7, 11) is 0. The molecule has 1 fully saturated rings. The van der Waals surface area contributed by atoms with Crippen LogP contribution in [0.1, 0.15) is 24.2 Å². The van der Waals surface area contributed by atoms with Crippen molar-refractivity contribution in [3.05, 3.63) is 71.8 Å². The van der Waals surface area contributed by atoms with Crippen molar-refractivity contribution >= 4 is 0 Å². The topological polar surface area (TPSA) is 18.5 Å². The van der Waals surface area contributed by atoms with Crippen molar-refractivity contribution in [2.75, 3.05) is 6.61 Å². The number of hydrogen-bond acceptors (Lipinski definition) is 2. The molecule has 0 saturated carbocycles. The van der Waals surface area contributed by atoms with Gasteiger partial charge < -0.3 is 9.47 Å². The lowest BCUT2D eigenvalue weighted by Crippen LogP contribution is -2.22. The molecule has 0 radical (unpaired) electrons. The number of benzene rings is 2. The molecule has 0 N–H and O–H groups in total. The smallest absolute Gasteiger partial charge is 0.192 e. The van der Waals surface area contributed by atoms with Crippen LogP contribution in [0.25, 0.3) is 0 Å². The van der Waals surface area contributed by atoms with Crippen LogP contribution >= 0.6 is 0 Å². The van der Waals surface area contributed by atoms with Gasteiger partial charge in [0.1, 0.15) is 6.10 Å². The average molecular weight is 240 g/mol. The average Bonchev–Trinajstić information content (AvgIpc) is 2.85. The molecule has 0 aromatic heterocycles. The van der Waals surface area contributed by atoms with Gasteiger partial charge in [-0.05, 0) is 12.5 Å². The second-order valence-corrected chi connectivity index (χ2v) is 4.64. The van der Waals surface area contributed by atoms with E-state index in [0.29, 0.717) is 6.61 Å². The Bertz CT molecular complexity index is 509. The van der Waals surface area contributed by atoms with Crippen molar-refractivity contribution < 1.29 is 9.47 Å². The van der Waals surface area contributed by atoms with Crippen molar-refractivity contribution in [3.63, 3.8) is 0 Å². The largest absolute Gasteiger partial charge is 0.343 e. The lowest BCUT2D eigenvalue weighted by Gasteiger charge is -2.23. The van der Waals surface area contributed by atoms with Gasteiger partial charge in [0.05, 0.1) is 6.61 Å². The van der Waals surface area contributed by atoms with E-state index in [9.17, 15) is 0 Å². The van der Waals surface area contributed by atoms with Crippen LogP contribution in [-0.2, 0) is 15.3 Å². The third-order valence-electron chi connectivity index (χ3n) is 3.35. The molecule has 2 nitrogen and oxygen atoms in total. The number of hydrogen-bond donors (Lipinski definition) is 0. The molecular formula is C16H16O2. The van der Waals surface area contributed by atoms with Gasteiger partial charge in [-0.3, -0.25) is 0 Å².